The first-order valence-corrected chi connectivity index (χ1v) is 10.2. The number of nitrogens with zero attached hydrogens (tertiary/aromatic N) is 3. The van der Waals surface area contributed by atoms with Crippen molar-refractivity contribution in [1.29, 1.82) is 0 Å². The molecule has 1 fully saturated rings. The van der Waals surface area contributed by atoms with Crippen LogP contribution >= 0.6 is 0 Å². The number of amides is 1. The molecule has 1 atom stereocenters. The van der Waals surface area contributed by atoms with Gasteiger partial charge in [0, 0.05) is 30.1 Å². The van der Waals surface area contributed by atoms with Crippen LogP contribution in [0.15, 0.2) is 53.1 Å². The molecule has 156 valence electrons. The molecule has 0 spiro atoms. The molecule has 1 saturated heterocycles. The second kappa shape index (κ2) is 8.98. The van der Waals surface area contributed by atoms with Crippen molar-refractivity contribution in [1.82, 2.24) is 10.1 Å². The average molecular weight is 407 g/mol. The molecule has 3 aromatic rings. The molecule has 2 heterocycles. The van der Waals surface area contributed by atoms with Gasteiger partial charge in [0.1, 0.15) is 11.5 Å². The van der Waals surface area contributed by atoms with Crippen LogP contribution in [0.1, 0.15) is 37.9 Å². The van der Waals surface area contributed by atoms with Crippen LogP contribution in [0.2, 0.25) is 0 Å². The van der Waals surface area contributed by atoms with E-state index in [1.165, 1.54) is 0 Å². The molecule has 0 bridgehead atoms. The molecule has 1 amide bonds. The van der Waals surface area contributed by atoms with Crippen molar-refractivity contribution in [2.24, 2.45) is 0 Å². The van der Waals surface area contributed by atoms with Crippen molar-refractivity contribution < 1.29 is 18.8 Å². The number of methoxy groups -OCH3 is 1. The minimum absolute atomic E-state index is 0.0464. The number of rotatable bonds is 8. The zero-order chi connectivity index (χ0) is 20.9. The summed E-state index contributed by atoms with van der Waals surface area (Å²) in [6, 6.07) is 15.1. The number of hydrogen-bond donors (Lipinski definition) is 0. The van der Waals surface area contributed by atoms with Gasteiger partial charge in [-0.05, 0) is 55.0 Å². The van der Waals surface area contributed by atoms with Gasteiger partial charge in [0.05, 0.1) is 13.7 Å². The van der Waals surface area contributed by atoms with Gasteiger partial charge in [-0.25, -0.2) is 0 Å². The van der Waals surface area contributed by atoms with Gasteiger partial charge in [-0.1, -0.05) is 18.5 Å². The molecular weight excluding hydrogens is 382 g/mol. The fraction of sp³-hybridized carbons (Fsp3) is 0.348. The van der Waals surface area contributed by atoms with E-state index in [-0.39, 0.29) is 11.8 Å². The monoisotopic (exact) mass is 407 g/mol. The Labute approximate surface area is 175 Å². The van der Waals surface area contributed by atoms with Crippen LogP contribution in [-0.2, 0) is 4.79 Å². The smallest absolute Gasteiger partial charge is 0.257 e. The third-order valence-corrected chi connectivity index (χ3v) is 5.18. The second-order valence-corrected chi connectivity index (χ2v) is 7.29. The Kier molecular flexibility index (Phi) is 5.97. The van der Waals surface area contributed by atoms with Crippen molar-refractivity contribution in [3.63, 3.8) is 0 Å². The summed E-state index contributed by atoms with van der Waals surface area (Å²) in [5.41, 5.74) is 1.67. The summed E-state index contributed by atoms with van der Waals surface area (Å²) < 4.78 is 16.3. The van der Waals surface area contributed by atoms with Gasteiger partial charge in [-0.3, -0.25) is 4.79 Å². The lowest BCUT2D eigenvalue weighted by atomic mass is 10.1. The molecule has 7 nitrogen and oxygen atoms in total. The van der Waals surface area contributed by atoms with E-state index in [1.807, 2.05) is 48.5 Å². The number of anilines is 1. The number of hydrogen-bond acceptors (Lipinski definition) is 6. The molecule has 0 unspecified atom stereocenters. The third kappa shape index (κ3) is 4.30. The minimum Gasteiger partial charge on any atom is -0.497 e. The molecule has 2 aromatic carbocycles. The van der Waals surface area contributed by atoms with E-state index in [2.05, 4.69) is 17.1 Å². The molecule has 30 heavy (non-hydrogen) atoms. The number of carbonyl (C=O) groups is 1. The van der Waals surface area contributed by atoms with E-state index in [4.69, 9.17) is 14.0 Å². The summed E-state index contributed by atoms with van der Waals surface area (Å²) in [4.78, 5) is 18.8. The SMILES string of the molecule is CCCCOc1ccc(-c2nc([C@@H]3CC(=O)N(c4ccc(OC)cc4)C3)no2)cc1. The maximum absolute atomic E-state index is 12.5. The van der Waals surface area contributed by atoms with Gasteiger partial charge in [-0.15, -0.1) is 0 Å². The Morgan fingerprint density at radius 3 is 2.53 bits per heavy atom. The number of carbonyl (C=O) groups excluding carboxylic acids is 1. The molecule has 0 radical (unpaired) electrons. The lowest BCUT2D eigenvalue weighted by Gasteiger charge is -2.16. The molecular formula is C23H25N3O4. The fourth-order valence-corrected chi connectivity index (χ4v) is 3.44. The third-order valence-electron chi connectivity index (χ3n) is 5.18. The van der Waals surface area contributed by atoms with E-state index in [1.54, 1.807) is 12.0 Å². The Balaban J connectivity index is 1.43. The van der Waals surface area contributed by atoms with Crippen molar-refractivity contribution in [3.8, 4) is 23.0 Å². The Bertz CT molecular complexity index is 982. The normalized spacial score (nSPS) is 16.1. The Morgan fingerprint density at radius 2 is 1.83 bits per heavy atom. The molecule has 0 aliphatic carbocycles. The van der Waals surface area contributed by atoms with Crippen LogP contribution in [0.25, 0.3) is 11.5 Å². The summed E-state index contributed by atoms with van der Waals surface area (Å²) in [7, 11) is 1.62. The summed E-state index contributed by atoms with van der Waals surface area (Å²) >= 11 is 0. The maximum Gasteiger partial charge on any atom is 0.257 e. The zero-order valence-corrected chi connectivity index (χ0v) is 17.2. The van der Waals surface area contributed by atoms with Crippen LogP contribution in [0, 0.1) is 0 Å². The van der Waals surface area contributed by atoms with Crippen LogP contribution in [0.3, 0.4) is 0 Å². The molecule has 4 rings (SSSR count). The number of benzene rings is 2. The highest BCUT2D eigenvalue weighted by Gasteiger charge is 2.34. The zero-order valence-electron chi connectivity index (χ0n) is 17.2. The van der Waals surface area contributed by atoms with Crippen LogP contribution < -0.4 is 14.4 Å². The van der Waals surface area contributed by atoms with Crippen molar-refractivity contribution in [3.05, 3.63) is 54.4 Å². The molecule has 0 saturated carbocycles. The van der Waals surface area contributed by atoms with Gasteiger partial charge >= 0.3 is 0 Å². The second-order valence-electron chi connectivity index (χ2n) is 7.29. The van der Waals surface area contributed by atoms with Crippen LogP contribution in [-0.4, -0.2) is 36.3 Å². The van der Waals surface area contributed by atoms with E-state index < -0.39 is 0 Å². The molecule has 1 aliphatic rings. The van der Waals surface area contributed by atoms with E-state index in [9.17, 15) is 4.79 Å². The summed E-state index contributed by atoms with van der Waals surface area (Å²) in [5, 5.41) is 4.13. The van der Waals surface area contributed by atoms with E-state index in [0.29, 0.717) is 31.3 Å². The lowest BCUT2D eigenvalue weighted by Crippen LogP contribution is -2.24. The minimum atomic E-state index is -0.103. The van der Waals surface area contributed by atoms with Gasteiger partial charge in [0.15, 0.2) is 5.82 Å². The number of unbranched alkanes of at least 4 members (excludes halogenated alkanes) is 1. The summed E-state index contributed by atoms with van der Waals surface area (Å²) in [6.07, 6.45) is 2.49. The first-order chi connectivity index (χ1) is 14.7. The molecule has 1 aliphatic heterocycles. The summed E-state index contributed by atoms with van der Waals surface area (Å²) in [6.45, 7) is 3.36. The van der Waals surface area contributed by atoms with Crippen molar-refractivity contribution >= 4 is 11.6 Å². The summed E-state index contributed by atoms with van der Waals surface area (Å²) in [5.74, 6) is 2.52. The maximum atomic E-state index is 12.5. The highest BCUT2D eigenvalue weighted by atomic mass is 16.5. The van der Waals surface area contributed by atoms with E-state index >= 15 is 0 Å². The Morgan fingerprint density at radius 1 is 1.10 bits per heavy atom. The van der Waals surface area contributed by atoms with Gasteiger partial charge in [-0.2, -0.15) is 4.98 Å². The predicted molar refractivity (Wildman–Crippen MR) is 113 cm³/mol. The van der Waals surface area contributed by atoms with Gasteiger partial charge in [0.2, 0.25) is 5.91 Å². The lowest BCUT2D eigenvalue weighted by molar-refractivity contribution is -0.117. The fourth-order valence-electron chi connectivity index (χ4n) is 3.44. The molecule has 0 N–H and O–H groups in total. The molecule has 1 aromatic heterocycles. The van der Waals surface area contributed by atoms with Gasteiger partial charge < -0.3 is 18.9 Å². The standard InChI is InChI=1S/C23H25N3O4/c1-3-4-13-29-20-9-5-16(6-10-20)23-24-22(25-30-23)17-14-21(27)26(15-17)18-7-11-19(28-2)12-8-18/h5-12,17H,3-4,13-15H2,1-2H3/t17-/m1/s1. The van der Waals surface area contributed by atoms with Crippen molar-refractivity contribution in [2.45, 2.75) is 32.1 Å². The van der Waals surface area contributed by atoms with Crippen LogP contribution in [0.4, 0.5) is 5.69 Å². The first kappa shape index (κ1) is 19.9. The first-order valence-electron chi connectivity index (χ1n) is 10.2. The highest BCUT2D eigenvalue weighted by molar-refractivity contribution is 5.96. The topological polar surface area (TPSA) is 77.7 Å². The van der Waals surface area contributed by atoms with Crippen LogP contribution in [0.5, 0.6) is 11.5 Å². The average Bonchev–Trinajstić information content (AvgIpc) is 3.42. The quantitative estimate of drug-likeness (QED) is 0.514. The predicted octanol–water partition coefficient (Wildman–Crippen LogP) is 4.44. The molecule has 7 heteroatoms. The van der Waals surface area contributed by atoms with Crippen molar-refractivity contribution in [2.75, 3.05) is 25.2 Å². The number of ether oxygens (including phenoxy) is 2. The highest BCUT2D eigenvalue weighted by Crippen LogP contribution is 2.32. The number of aromatic nitrogens is 2. The Hall–Kier alpha value is -3.35. The van der Waals surface area contributed by atoms with E-state index in [0.717, 1.165) is 35.6 Å². The largest absolute Gasteiger partial charge is 0.497 e. The van der Waals surface area contributed by atoms with Gasteiger partial charge in [0.25, 0.3) is 5.89 Å².